The second kappa shape index (κ2) is 4.33. The predicted molar refractivity (Wildman–Crippen MR) is 54.1 cm³/mol. The van der Waals surface area contributed by atoms with Crippen molar-refractivity contribution >= 4 is 17.6 Å². The summed E-state index contributed by atoms with van der Waals surface area (Å²) in [6.45, 7) is 1.76. The molecule has 0 saturated carbocycles. The maximum Gasteiger partial charge on any atom is 0.339 e. The highest BCUT2D eigenvalue weighted by atomic mass is 35.5. The third-order valence-electron chi connectivity index (χ3n) is 1.97. The van der Waals surface area contributed by atoms with Crippen molar-refractivity contribution in [2.45, 2.75) is 6.92 Å². The largest absolute Gasteiger partial charge is 0.496 e. The molecule has 0 amide bonds. The number of halogens is 1. The molecular weight excluding hydrogens is 204 g/mol. The van der Waals surface area contributed by atoms with E-state index in [4.69, 9.17) is 16.3 Å². The number of hydrogen-bond donors (Lipinski definition) is 0. The smallest absolute Gasteiger partial charge is 0.339 e. The summed E-state index contributed by atoms with van der Waals surface area (Å²) in [5.41, 5.74) is 1.04. The maximum absolute atomic E-state index is 11.4. The van der Waals surface area contributed by atoms with Gasteiger partial charge in [-0.05, 0) is 19.1 Å². The fraction of sp³-hybridized carbons (Fsp3) is 0.300. The molecule has 4 heteroatoms. The molecule has 14 heavy (non-hydrogen) atoms. The van der Waals surface area contributed by atoms with Crippen LogP contribution in [0.3, 0.4) is 0 Å². The fourth-order valence-electron chi connectivity index (χ4n) is 1.23. The van der Waals surface area contributed by atoms with E-state index in [9.17, 15) is 4.79 Å². The number of hydrogen-bond acceptors (Lipinski definition) is 3. The zero-order valence-electron chi connectivity index (χ0n) is 8.26. The first-order chi connectivity index (χ1) is 6.61. The van der Waals surface area contributed by atoms with Gasteiger partial charge in [-0.3, -0.25) is 0 Å². The van der Waals surface area contributed by atoms with E-state index >= 15 is 0 Å². The first-order valence-corrected chi connectivity index (χ1v) is 4.41. The first-order valence-electron chi connectivity index (χ1n) is 4.03. The lowest BCUT2D eigenvalue weighted by Gasteiger charge is -2.10. The Morgan fingerprint density at radius 1 is 1.36 bits per heavy atom. The van der Waals surface area contributed by atoms with Crippen LogP contribution in [0.15, 0.2) is 12.1 Å². The fourth-order valence-corrected chi connectivity index (χ4v) is 1.52. The van der Waals surface area contributed by atoms with Gasteiger partial charge in [0, 0.05) is 5.56 Å². The predicted octanol–water partition coefficient (Wildman–Crippen LogP) is 2.44. The van der Waals surface area contributed by atoms with Crippen molar-refractivity contribution in [3.8, 4) is 5.75 Å². The van der Waals surface area contributed by atoms with Crippen LogP contribution >= 0.6 is 11.6 Å². The standard InChI is InChI=1S/C10H11ClO3/c1-6-8(13-2)5-4-7(11)9(6)10(12)14-3/h4-5H,1-3H3. The minimum Gasteiger partial charge on any atom is -0.496 e. The Labute approximate surface area is 87.6 Å². The summed E-state index contributed by atoms with van der Waals surface area (Å²) in [7, 11) is 2.86. The van der Waals surface area contributed by atoms with Crippen molar-refractivity contribution in [1.29, 1.82) is 0 Å². The molecule has 0 radical (unpaired) electrons. The molecule has 1 aromatic rings. The number of carbonyl (C=O) groups is 1. The average molecular weight is 215 g/mol. The van der Waals surface area contributed by atoms with Crippen molar-refractivity contribution in [3.63, 3.8) is 0 Å². The van der Waals surface area contributed by atoms with Crippen LogP contribution in [0.2, 0.25) is 5.02 Å². The first kappa shape index (κ1) is 10.9. The third-order valence-corrected chi connectivity index (χ3v) is 2.29. The Morgan fingerprint density at radius 2 is 2.00 bits per heavy atom. The summed E-state index contributed by atoms with van der Waals surface area (Å²) in [5, 5.41) is 0.371. The number of methoxy groups -OCH3 is 2. The summed E-state index contributed by atoms with van der Waals surface area (Å²) in [4.78, 5) is 11.4. The van der Waals surface area contributed by atoms with E-state index in [1.807, 2.05) is 0 Å². The molecule has 0 aliphatic heterocycles. The summed E-state index contributed by atoms with van der Waals surface area (Å²) >= 11 is 5.88. The minimum absolute atomic E-state index is 0.355. The Kier molecular flexibility index (Phi) is 3.36. The molecule has 0 aliphatic rings. The van der Waals surface area contributed by atoms with Gasteiger partial charge >= 0.3 is 5.97 Å². The van der Waals surface area contributed by atoms with Crippen LogP contribution in [0.25, 0.3) is 0 Å². The lowest BCUT2D eigenvalue weighted by Crippen LogP contribution is -2.05. The molecule has 0 unspecified atom stereocenters. The summed E-state index contributed by atoms with van der Waals surface area (Å²) < 4.78 is 9.69. The van der Waals surface area contributed by atoms with Crippen LogP contribution in [0.4, 0.5) is 0 Å². The molecule has 0 atom stereocenters. The normalized spacial score (nSPS) is 9.71. The Bertz CT molecular complexity index is 361. The Balaban J connectivity index is 3.32. The molecule has 0 heterocycles. The van der Waals surface area contributed by atoms with Gasteiger partial charge in [0.15, 0.2) is 0 Å². The van der Waals surface area contributed by atoms with Crippen LogP contribution in [0.1, 0.15) is 15.9 Å². The zero-order valence-corrected chi connectivity index (χ0v) is 9.01. The highest BCUT2D eigenvalue weighted by Crippen LogP contribution is 2.28. The monoisotopic (exact) mass is 214 g/mol. The van der Waals surface area contributed by atoms with E-state index in [-0.39, 0.29) is 0 Å². The number of rotatable bonds is 2. The quantitative estimate of drug-likeness (QED) is 0.710. The molecule has 0 spiro atoms. The van der Waals surface area contributed by atoms with Crippen LogP contribution in [-0.2, 0) is 4.74 Å². The van der Waals surface area contributed by atoms with Crippen molar-refractivity contribution in [2.24, 2.45) is 0 Å². The maximum atomic E-state index is 11.4. The van der Waals surface area contributed by atoms with E-state index in [0.29, 0.717) is 21.9 Å². The van der Waals surface area contributed by atoms with Crippen molar-refractivity contribution in [3.05, 3.63) is 28.3 Å². The third kappa shape index (κ3) is 1.82. The number of benzene rings is 1. The van der Waals surface area contributed by atoms with E-state index in [2.05, 4.69) is 4.74 Å². The lowest BCUT2D eigenvalue weighted by molar-refractivity contribution is 0.0599. The molecule has 3 nitrogen and oxygen atoms in total. The molecule has 1 rings (SSSR count). The Hall–Kier alpha value is -1.22. The second-order valence-corrected chi connectivity index (χ2v) is 3.15. The van der Waals surface area contributed by atoms with Crippen molar-refractivity contribution in [1.82, 2.24) is 0 Å². The van der Waals surface area contributed by atoms with Crippen LogP contribution in [0.5, 0.6) is 5.75 Å². The van der Waals surface area contributed by atoms with Crippen molar-refractivity contribution < 1.29 is 14.3 Å². The van der Waals surface area contributed by atoms with Gasteiger partial charge in [-0.2, -0.15) is 0 Å². The number of carbonyl (C=O) groups excluding carboxylic acids is 1. The molecule has 0 aromatic heterocycles. The SMILES string of the molecule is COC(=O)c1c(Cl)ccc(OC)c1C. The molecule has 1 aromatic carbocycles. The summed E-state index contributed by atoms with van der Waals surface area (Å²) in [6, 6.07) is 3.32. The molecule has 0 saturated heterocycles. The molecule has 0 N–H and O–H groups in total. The minimum atomic E-state index is -0.452. The van der Waals surface area contributed by atoms with Gasteiger partial charge in [-0.1, -0.05) is 11.6 Å². The summed E-state index contributed by atoms with van der Waals surface area (Å²) in [6.07, 6.45) is 0. The average Bonchev–Trinajstić information content (AvgIpc) is 2.18. The van der Waals surface area contributed by atoms with Crippen LogP contribution < -0.4 is 4.74 Å². The molecule has 0 aliphatic carbocycles. The molecule has 76 valence electrons. The van der Waals surface area contributed by atoms with Gasteiger partial charge in [0.05, 0.1) is 24.8 Å². The van der Waals surface area contributed by atoms with E-state index in [1.54, 1.807) is 19.1 Å². The van der Waals surface area contributed by atoms with Gasteiger partial charge in [0.1, 0.15) is 5.75 Å². The highest BCUT2D eigenvalue weighted by molar-refractivity contribution is 6.33. The lowest BCUT2D eigenvalue weighted by atomic mass is 10.1. The molecular formula is C10H11ClO3. The second-order valence-electron chi connectivity index (χ2n) is 2.74. The van der Waals surface area contributed by atoms with Gasteiger partial charge < -0.3 is 9.47 Å². The highest BCUT2D eigenvalue weighted by Gasteiger charge is 2.16. The number of esters is 1. The van der Waals surface area contributed by atoms with Gasteiger partial charge in [-0.25, -0.2) is 4.79 Å². The van der Waals surface area contributed by atoms with Gasteiger partial charge in [0.2, 0.25) is 0 Å². The van der Waals surface area contributed by atoms with Gasteiger partial charge in [-0.15, -0.1) is 0 Å². The van der Waals surface area contributed by atoms with Crippen molar-refractivity contribution in [2.75, 3.05) is 14.2 Å². The van der Waals surface area contributed by atoms with E-state index in [1.165, 1.54) is 14.2 Å². The summed E-state index contributed by atoms with van der Waals surface area (Å²) in [5.74, 6) is 0.168. The molecule has 0 bridgehead atoms. The topological polar surface area (TPSA) is 35.5 Å². The number of ether oxygens (including phenoxy) is 2. The molecule has 0 fully saturated rings. The zero-order chi connectivity index (χ0) is 10.7. The van der Waals surface area contributed by atoms with E-state index in [0.717, 1.165) is 0 Å². The Morgan fingerprint density at radius 3 is 2.50 bits per heavy atom. The van der Waals surface area contributed by atoms with Crippen LogP contribution in [0, 0.1) is 6.92 Å². The van der Waals surface area contributed by atoms with Gasteiger partial charge in [0.25, 0.3) is 0 Å². The van der Waals surface area contributed by atoms with E-state index < -0.39 is 5.97 Å². The van der Waals surface area contributed by atoms with Crippen LogP contribution in [-0.4, -0.2) is 20.2 Å².